The maximum absolute atomic E-state index is 13.3. The normalized spacial score (nSPS) is 16.7. The predicted molar refractivity (Wildman–Crippen MR) is 105 cm³/mol. The van der Waals surface area contributed by atoms with Gasteiger partial charge in [-0.25, -0.2) is 9.97 Å². The van der Waals surface area contributed by atoms with Gasteiger partial charge in [-0.3, -0.25) is 4.79 Å². The van der Waals surface area contributed by atoms with Crippen LogP contribution in [0.2, 0.25) is 0 Å². The monoisotopic (exact) mass is 361 g/mol. The number of carbonyl (C=O) groups is 1. The van der Waals surface area contributed by atoms with Crippen LogP contribution in [0.5, 0.6) is 5.75 Å². The number of para-hydroxylation sites is 1. The number of amides is 1. The van der Waals surface area contributed by atoms with Gasteiger partial charge in [-0.1, -0.05) is 18.2 Å². The standard InChI is InChI=1S/C22H23N3O2/c1-14-15(2)24-19-13-16(10-11-18(19)23-14)22(26)25-12-6-8-20(25)17-7-4-5-9-21(17)27-3/h4-5,7,9-11,13,20H,6,8,12H2,1-3H3/t20-/m0/s1. The quantitative estimate of drug-likeness (QED) is 0.700. The highest BCUT2D eigenvalue weighted by Gasteiger charge is 2.32. The van der Waals surface area contributed by atoms with Gasteiger partial charge in [0.1, 0.15) is 5.75 Å². The van der Waals surface area contributed by atoms with E-state index < -0.39 is 0 Å². The Morgan fingerprint density at radius 3 is 2.59 bits per heavy atom. The molecule has 0 unspecified atom stereocenters. The summed E-state index contributed by atoms with van der Waals surface area (Å²) in [5, 5.41) is 0. The Labute approximate surface area is 159 Å². The second-order valence-electron chi connectivity index (χ2n) is 7.00. The Morgan fingerprint density at radius 1 is 1.07 bits per heavy atom. The highest BCUT2D eigenvalue weighted by molar-refractivity contribution is 5.97. The van der Waals surface area contributed by atoms with E-state index in [2.05, 4.69) is 9.97 Å². The summed E-state index contributed by atoms with van der Waals surface area (Å²) >= 11 is 0. The highest BCUT2D eigenvalue weighted by atomic mass is 16.5. The van der Waals surface area contributed by atoms with Gasteiger partial charge in [-0.15, -0.1) is 0 Å². The summed E-state index contributed by atoms with van der Waals surface area (Å²) in [6.45, 7) is 4.63. The lowest BCUT2D eigenvalue weighted by Gasteiger charge is -2.26. The van der Waals surface area contributed by atoms with Crippen LogP contribution in [-0.4, -0.2) is 34.4 Å². The summed E-state index contributed by atoms with van der Waals surface area (Å²) < 4.78 is 5.52. The van der Waals surface area contributed by atoms with E-state index in [-0.39, 0.29) is 11.9 Å². The van der Waals surface area contributed by atoms with E-state index in [0.717, 1.165) is 53.1 Å². The molecule has 1 atom stereocenters. The lowest BCUT2D eigenvalue weighted by Crippen LogP contribution is -2.30. The van der Waals surface area contributed by atoms with E-state index in [0.29, 0.717) is 5.56 Å². The van der Waals surface area contributed by atoms with Crippen LogP contribution in [-0.2, 0) is 0 Å². The van der Waals surface area contributed by atoms with Gasteiger partial charge in [0.05, 0.1) is 35.6 Å². The van der Waals surface area contributed by atoms with E-state index in [1.807, 2.05) is 61.2 Å². The number of carbonyl (C=O) groups excluding carboxylic acids is 1. The molecule has 2 aromatic carbocycles. The maximum atomic E-state index is 13.3. The number of aryl methyl sites for hydroxylation is 2. The van der Waals surface area contributed by atoms with E-state index in [1.165, 1.54) is 0 Å². The van der Waals surface area contributed by atoms with Crippen LogP contribution < -0.4 is 4.74 Å². The number of hydrogen-bond donors (Lipinski definition) is 0. The topological polar surface area (TPSA) is 55.3 Å². The molecular formula is C22H23N3O2. The molecule has 0 saturated carbocycles. The lowest BCUT2D eigenvalue weighted by atomic mass is 10.0. The summed E-state index contributed by atoms with van der Waals surface area (Å²) in [5.74, 6) is 0.864. The molecule has 3 aromatic rings. The molecule has 5 heteroatoms. The Balaban J connectivity index is 1.69. The summed E-state index contributed by atoms with van der Waals surface area (Å²) in [6.07, 6.45) is 1.93. The fraction of sp³-hybridized carbons (Fsp3) is 0.318. The first kappa shape index (κ1) is 17.5. The minimum absolute atomic E-state index is 0.0327. The van der Waals surface area contributed by atoms with E-state index in [9.17, 15) is 4.79 Å². The summed E-state index contributed by atoms with van der Waals surface area (Å²) in [5.41, 5.74) is 5.10. The van der Waals surface area contributed by atoms with Gasteiger partial charge in [-0.2, -0.15) is 0 Å². The number of nitrogens with zero attached hydrogens (tertiary/aromatic N) is 3. The van der Waals surface area contributed by atoms with Crippen molar-refractivity contribution in [3.63, 3.8) is 0 Å². The number of methoxy groups -OCH3 is 1. The number of rotatable bonds is 3. The van der Waals surface area contributed by atoms with Gasteiger partial charge >= 0.3 is 0 Å². The average molecular weight is 361 g/mol. The Kier molecular flexibility index (Phi) is 4.52. The Morgan fingerprint density at radius 2 is 1.81 bits per heavy atom. The zero-order chi connectivity index (χ0) is 19.0. The zero-order valence-electron chi connectivity index (χ0n) is 15.9. The fourth-order valence-electron chi connectivity index (χ4n) is 3.80. The SMILES string of the molecule is COc1ccccc1[C@@H]1CCCN1C(=O)c1ccc2nc(C)c(C)nc2c1. The van der Waals surface area contributed by atoms with Gasteiger partial charge in [0.2, 0.25) is 0 Å². The van der Waals surface area contributed by atoms with Crippen LogP contribution in [0.1, 0.15) is 46.2 Å². The van der Waals surface area contributed by atoms with E-state index in [4.69, 9.17) is 4.74 Å². The minimum Gasteiger partial charge on any atom is -0.496 e. The van der Waals surface area contributed by atoms with E-state index in [1.54, 1.807) is 7.11 Å². The largest absolute Gasteiger partial charge is 0.496 e. The Hall–Kier alpha value is -2.95. The molecule has 1 aliphatic rings. The number of hydrogen-bond acceptors (Lipinski definition) is 4. The van der Waals surface area contributed by atoms with Crippen LogP contribution in [0.4, 0.5) is 0 Å². The average Bonchev–Trinajstić information content (AvgIpc) is 3.17. The van der Waals surface area contributed by atoms with Gasteiger partial charge in [0.15, 0.2) is 0 Å². The molecule has 27 heavy (non-hydrogen) atoms. The van der Waals surface area contributed by atoms with Gasteiger partial charge in [0, 0.05) is 17.7 Å². The molecule has 1 fully saturated rings. The molecule has 0 spiro atoms. The third-order valence-electron chi connectivity index (χ3n) is 5.33. The molecule has 0 bridgehead atoms. The highest BCUT2D eigenvalue weighted by Crippen LogP contribution is 2.37. The van der Waals surface area contributed by atoms with Gasteiger partial charge in [-0.05, 0) is 51.0 Å². The van der Waals surface area contributed by atoms with Crippen LogP contribution in [0.15, 0.2) is 42.5 Å². The van der Waals surface area contributed by atoms with Crippen molar-refractivity contribution in [3.05, 3.63) is 65.0 Å². The molecular weight excluding hydrogens is 338 g/mol. The number of aromatic nitrogens is 2. The first-order valence-corrected chi connectivity index (χ1v) is 9.27. The molecule has 1 aliphatic heterocycles. The van der Waals surface area contributed by atoms with Crippen molar-refractivity contribution in [2.45, 2.75) is 32.7 Å². The smallest absolute Gasteiger partial charge is 0.254 e. The fourth-order valence-corrected chi connectivity index (χ4v) is 3.80. The van der Waals surface area contributed by atoms with Crippen molar-refractivity contribution < 1.29 is 9.53 Å². The van der Waals surface area contributed by atoms with Crippen LogP contribution >= 0.6 is 0 Å². The molecule has 138 valence electrons. The molecule has 1 amide bonds. The third kappa shape index (κ3) is 3.14. The van der Waals surface area contributed by atoms with Crippen LogP contribution in [0.25, 0.3) is 11.0 Å². The number of fused-ring (bicyclic) bond motifs is 1. The maximum Gasteiger partial charge on any atom is 0.254 e. The molecule has 1 saturated heterocycles. The predicted octanol–water partition coefficient (Wildman–Crippen LogP) is 4.23. The summed E-state index contributed by atoms with van der Waals surface area (Å²) in [7, 11) is 1.67. The van der Waals surface area contributed by atoms with Crippen molar-refractivity contribution in [2.24, 2.45) is 0 Å². The first-order chi connectivity index (χ1) is 13.1. The summed E-state index contributed by atoms with van der Waals surface area (Å²) in [6, 6.07) is 13.6. The molecule has 2 heterocycles. The molecule has 5 nitrogen and oxygen atoms in total. The molecule has 1 aromatic heterocycles. The summed E-state index contributed by atoms with van der Waals surface area (Å²) in [4.78, 5) is 24.4. The minimum atomic E-state index is 0.0327. The molecule has 0 radical (unpaired) electrons. The molecule has 0 aliphatic carbocycles. The van der Waals surface area contributed by atoms with Gasteiger partial charge in [0.25, 0.3) is 5.91 Å². The van der Waals surface area contributed by atoms with Gasteiger partial charge < -0.3 is 9.64 Å². The van der Waals surface area contributed by atoms with E-state index >= 15 is 0 Å². The van der Waals surface area contributed by atoms with Crippen molar-refractivity contribution in [1.82, 2.24) is 14.9 Å². The number of benzene rings is 2. The molecule has 4 rings (SSSR count). The lowest BCUT2D eigenvalue weighted by molar-refractivity contribution is 0.0734. The van der Waals surface area contributed by atoms with Crippen molar-refractivity contribution >= 4 is 16.9 Å². The number of likely N-dealkylation sites (tertiary alicyclic amines) is 1. The second-order valence-corrected chi connectivity index (χ2v) is 7.00. The van der Waals surface area contributed by atoms with Crippen molar-refractivity contribution in [3.8, 4) is 5.75 Å². The Bertz CT molecular complexity index is 1020. The van der Waals surface area contributed by atoms with Crippen LogP contribution in [0.3, 0.4) is 0 Å². The second kappa shape index (κ2) is 6.99. The first-order valence-electron chi connectivity index (χ1n) is 9.27. The zero-order valence-corrected chi connectivity index (χ0v) is 15.9. The number of ether oxygens (including phenoxy) is 1. The van der Waals surface area contributed by atoms with Crippen molar-refractivity contribution in [1.29, 1.82) is 0 Å². The van der Waals surface area contributed by atoms with Crippen LogP contribution in [0, 0.1) is 13.8 Å². The van der Waals surface area contributed by atoms with Crippen molar-refractivity contribution in [2.75, 3.05) is 13.7 Å². The third-order valence-corrected chi connectivity index (χ3v) is 5.33. The molecule has 0 N–H and O–H groups in total.